The first-order valence-electron chi connectivity index (χ1n) is 4.79. The van der Waals surface area contributed by atoms with E-state index in [4.69, 9.17) is 5.73 Å². The van der Waals surface area contributed by atoms with Gasteiger partial charge in [0.1, 0.15) is 0 Å². The SMILES string of the molecule is CC(N)CCc1cnc2cnccn12. The maximum absolute atomic E-state index is 5.71. The van der Waals surface area contributed by atoms with Gasteiger partial charge in [0, 0.05) is 30.3 Å². The summed E-state index contributed by atoms with van der Waals surface area (Å²) in [6.45, 7) is 2.02. The van der Waals surface area contributed by atoms with Crippen LogP contribution in [0.25, 0.3) is 5.65 Å². The van der Waals surface area contributed by atoms with Crippen LogP contribution in [0.3, 0.4) is 0 Å². The van der Waals surface area contributed by atoms with E-state index in [1.165, 1.54) is 5.69 Å². The van der Waals surface area contributed by atoms with Crippen molar-refractivity contribution in [3.63, 3.8) is 0 Å². The summed E-state index contributed by atoms with van der Waals surface area (Å²) in [5.41, 5.74) is 7.80. The molecule has 14 heavy (non-hydrogen) atoms. The Morgan fingerprint density at radius 3 is 3.14 bits per heavy atom. The summed E-state index contributed by atoms with van der Waals surface area (Å²) in [5, 5.41) is 0. The monoisotopic (exact) mass is 190 g/mol. The van der Waals surface area contributed by atoms with Gasteiger partial charge in [-0.05, 0) is 19.8 Å². The van der Waals surface area contributed by atoms with Crippen molar-refractivity contribution >= 4 is 5.65 Å². The predicted octanol–water partition coefficient (Wildman–Crippen LogP) is 1.01. The highest BCUT2D eigenvalue weighted by molar-refractivity contribution is 5.36. The third-order valence-corrected chi connectivity index (χ3v) is 2.25. The van der Waals surface area contributed by atoms with Crippen LogP contribution in [0.2, 0.25) is 0 Å². The minimum absolute atomic E-state index is 0.238. The first kappa shape index (κ1) is 9.15. The number of aryl methyl sites for hydroxylation is 1. The molecule has 1 unspecified atom stereocenters. The van der Waals surface area contributed by atoms with Crippen molar-refractivity contribution in [2.45, 2.75) is 25.8 Å². The molecule has 0 aliphatic rings. The summed E-state index contributed by atoms with van der Waals surface area (Å²) < 4.78 is 2.05. The Morgan fingerprint density at radius 2 is 2.36 bits per heavy atom. The molecule has 2 heterocycles. The minimum atomic E-state index is 0.238. The molecule has 1 atom stereocenters. The zero-order chi connectivity index (χ0) is 9.97. The molecule has 0 bridgehead atoms. The van der Waals surface area contributed by atoms with Gasteiger partial charge in [-0.1, -0.05) is 0 Å². The smallest absolute Gasteiger partial charge is 0.155 e. The van der Waals surface area contributed by atoms with Crippen LogP contribution in [-0.4, -0.2) is 20.4 Å². The number of fused-ring (bicyclic) bond motifs is 1. The predicted molar refractivity (Wildman–Crippen MR) is 55.0 cm³/mol. The van der Waals surface area contributed by atoms with Crippen LogP contribution < -0.4 is 5.73 Å². The Morgan fingerprint density at radius 1 is 1.50 bits per heavy atom. The molecule has 0 aromatic carbocycles. The lowest BCUT2D eigenvalue weighted by Crippen LogP contribution is -2.15. The number of aromatic nitrogens is 3. The van der Waals surface area contributed by atoms with Crippen LogP contribution in [0.15, 0.2) is 24.8 Å². The molecule has 0 aliphatic carbocycles. The van der Waals surface area contributed by atoms with Crippen molar-refractivity contribution in [3.05, 3.63) is 30.5 Å². The van der Waals surface area contributed by atoms with Crippen molar-refractivity contribution in [2.24, 2.45) is 5.73 Å². The first-order chi connectivity index (χ1) is 6.77. The maximum Gasteiger partial charge on any atom is 0.155 e. The van der Waals surface area contributed by atoms with Gasteiger partial charge in [-0.2, -0.15) is 0 Å². The van der Waals surface area contributed by atoms with E-state index in [1.54, 1.807) is 12.4 Å². The highest BCUT2D eigenvalue weighted by atomic mass is 15.0. The van der Waals surface area contributed by atoms with Crippen LogP contribution in [-0.2, 0) is 6.42 Å². The van der Waals surface area contributed by atoms with Gasteiger partial charge >= 0.3 is 0 Å². The van der Waals surface area contributed by atoms with Crippen LogP contribution in [0.5, 0.6) is 0 Å². The quantitative estimate of drug-likeness (QED) is 0.785. The van der Waals surface area contributed by atoms with E-state index in [0.29, 0.717) is 0 Å². The van der Waals surface area contributed by atoms with Crippen molar-refractivity contribution in [3.8, 4) is 0 Å². The number of imidazole rings is 1. The molecule has 74 valence electrons. The van der Waals surface area contributed by atoms with Gasteiger partial charge in [0.25, 0.3) is 0 Å². The number of nitrogens with zero attached hydrogens (tertiary/aromatic N) is 3. The van der Waals surface area contributed by atoms with E-state index < -0.39 is 0 Å². The molecule has 0 saturated carbocycles. The largest absolute Gasteiger partial charge is 0.328 e. The van der Waals surface area contributed by atoms with Crippen molar-refractivity contribution in [1.29, 1.82) is 0 Å². The normalized spacial score (nSPS) is 13.3. The fourth-order valence-corrected chi connectivity index (χ4v) is 1.46. The molecule has 0 fully saturated rings. The molecular weight excluding hydrogens is 176 g/mol. The van der Waals surface area contributed by atoms with E-state index in [9.17, 15) is 0 Å². The van der Waals surface area contributed by atoms with Crippen LogP contribution in [0, 0.1) is 0 Å². The second-order valence-electron chi connectivity index (χ2n) is 3.57. The molecule has 0 saturated heterocycles. The molecule has 0 spiro atoms. The average Bonchev–Trinajstić information content (AvgIpc) is 2.58. The Kier molecular flexibility index (Phi) is 2.45. The summed E-state index contributed by atoms with van der Waals surface area (Å²) >= 11 is 0. The molecule has 2 N–H and O–H groups in total. The average molecular weight is 190 g/mol. The summed E-state index contributed by atoms with van der Waals surface area (Å²) in [4.78, 5) is 8.27. The number of hydrogen-bond acceptors (Lipinski definition) is 3. The summed E-state index contributed by atoms with van der Waals surface area (Å²) in [6.07, 6.45) is 9.29. The Bertz CT molecular complexity index is 419. The summed E-state index contributed by atoms with van der Waals surface area (Å²) in [7, 11) is 0. The summed E-state index contributed by atoms with van der Waals surface area (Å²) in [6, 6.07) is 0.238. The van der Waals surface area contributed by atoms with Gasteiger partial charge in [-0.25, -0.2) is 4.98 Å². The van der Waals surface area contributed by atoms with Crippen molar-refractivity contribution < 1.29 is 0 Å². The summed E-state index contributed by atoms with van der Waals surface area (Å²) in [5.74, 6) is 0. The third kappa shape index (κ3) is 1.75. The fraction of sp³-hybridized carbons (Fsp3) is 0.400. The van der Waals surface area contributed by atoms with Gasteiger partial charge in [0.05, 0.1) is 6.20 Å². The zero-order valence-electron chi connectivity index (χ0n) is 8.22. The van der Waals surface area contributed by atoms with Crippen LogP contribution in [0.4, 0.5) is 0 Å². The lowest BCUT2D eigenvalue weighted by atomic mass is 10.1. The van der Waals surface area contributed by atoms with E-state index in [1.807, 2.05) is 19.3 Å². The van der Waals surface area contributed by atoms with Gasteiger partial charge in [0.2, 0.25) is 0 Å². The highest BCUT2D eigenvalue weighted by Gasteiger charge is 2.03. The topological polar surface area (TPSA) is 56.2 Å². The van der Waals surface area contributed by atoms with E-state index in [0.717, 1.165) is 18.5 Å². The number of rotatable bonds is 3. The lowest BCUT2D eigenvalue weighted by Gasteiger charge is -2.03. The van der Waals surface area contributed by atoms with Gasteiger partial charge in [-0.15, -0.1) is 0 Å². The third-order valence-electron chi connectivity index (χ3n) is 2.25. The minimum Gasteiger partial charge on any atom is -0.328 e. The highest BCUT2D eigenvalue weighted by Crippen LogP contribution is 2.07. The van der Waals surface area contributed by atoms with Crippen LogP contribution in [0.1, 0.15) is 19.0 Å². The first-order valence-corrected chi connectivity index (χ1v) is 4.79. The standard InChI is InChI=1S/C10H14N4/c1-8(11)2-3-9-6-13-10-7-12-4-5-14(9)10/h4-8H,2-3,11H2,1H3. The maximum atomic E-state index is 5.71. The Balaban J connectivity index is 2.25. The number of hydrogen-bond donors (Lipinski definition) is 1. The van der Waals surface area contributed by atoms with Gasteiger partial charge < -0.3 is 10.1 Å². The van der Waals surface area contributed by atoms with Crippen molar-refractivity contribution in [1.82, 2.24) is 14.4 Å². The molecule has 2 rings (SSSR count). The zero-order valence-corrected chi connectivity index (χ0v) is 8.22. The van der Waals surface area contributed by atoms with Gasteiger partial charge in [0.15, 0.2) is 5.65 Å². The van der Waals surface area contributed by atoms with Crippen molar-refractivity contribution in [2.75, 3.05) is 0 Å². The molecule has 0 aliphatic heterocycles. The number of nitrogens with two attached hydrogens (primary N) is 1. The Hall–Kier alpha value is -1.42. The van der Waals surface area contributed by atoms with E-state index >= 15 is 0 Å². The molecule has 4 nitrogen and oxygen atoms in total. The second-order valence-corrected chi connectivity index (χ2v) is 3.57. The molecule has 0 radical (unpaired) electrons. The fourth-order valence-electron chi connectivity index (χ4n) is 1.46. The van der Waals surface area contributed by atoms with E-state index in [2.05, 4.69) is 14.4 Å². The molecule has 2 aromatic rings. The second kappa shape index (κ2) is 3.75. The van der Waals surface area contributed by atoms with E-state index in [-0.39, 0.29) is 6.04 Å². The molecule has 0 amide bonds. The van der Waals surface area contributed by atoms with Gasteiger partial charge in [-0.3, -0.25) is 4.98 Å². The molecular formula is C10H14N4. The Labute approximate surface area is 82.8 Å². The lowest BCUT2D eigenvalue weighted by molar-refractivity contribution is 0.655. The molecule has 2 aromatic heterocycles. The molecule has 4 heteroatoms. The van der Waals surface area contributed by atoms with Crippen LogP contribution >= 0.6 is 0 Å².